The monoisotopic (exact) mass is 717 g/mol. The topological polar surface area (TPSA) is 150 Å². The van der Waals surface area contributed by atoms with E-state index in [2.05, 4.69) is 16.6 Å². The predicted molar refractivity (Wildman–Crippen MR) is 186 cm³/mol. The number of para-hydroxylation sites is 1. The number of aliphatic carboxylic acids is 2. The van der Waals surface area contributed by atoms with E-state index in [9.17, 15) is 28.3 Å². The molecule has 1 aliphatic rings. The number of carboxylic acid groups (broad SMARTS) is 2. The zero-order chi connectivity index (χ0) is 37.0. The first-order valence-corrected chi connectivity index (χ1v) is 16.4. The number of carboxylic acids is 2. The molecular formula is C39H37F2NO10. The molecular weight excluding hydrogens is 680 g/mol. The van der Waals surface area contributed by atoms with Gasteiger partial charge >= 0.3 is 18.6 Å². The summed E-state index contributed by atoms with van der Waals surface area (Å²) in [5.74, 6) is -0.464. The number of carbonyl (C=O) groups excluding carboxylic acids is 1. The first-order valence-electron chi connectivity index (χ1n) is 16.4. The van der Waals surface area contributed by atoms with Crippen LogP contribution >= 0.6 is 0 Å². The third-order valence-electron chi connectivity index (χ3n) is 8.07. The van der Waals surface area contributed by atoms with Crippen LogP contribution in [-0.2, 0) is 22.6 Å². The third kappa shape index (κ3) is 10.2. The summed E-state index contributed by atoms with van der Waals surface area (Å²) in [4.78, 5) is 35.8. The van der Waals surface area contributed by atoms with Crippen LogP contribution in [0.2, 0.25) is 0 Å². The van der Waals surface area contributed by atoms with Gasteiger partial charge in [0.2, 0.25) is 6.79 Å². The minimum absolute atomic E-state index is 0.0439. The molecule has 11 nitrogen and oxygen atoms in total. The summed E-state index contributed by atoms with van der Waals surface area (Å²) < 4.78 is 53.5. The van der Waals surface area contributed by atoms with Crippen LogP contribution in [0.1, 0.15) is 52.7 Å². The summed E-state index contributed by atoms with van der Waals surface area (Å²) >= 11 is 0. The van der Waals surface area contributed by atoms with Crippen LogP contribution in [0.15, 0.2) is 85.4 Å². The number of carbonyl (C=O) groups is 3. The standard InChI is InChI=1S/C39H37F2NO10/c1-24(30-7-4-9-33(31(30)12-14-37(45)46)49-16-5-10-36(43)44)15-17-48-29-19-27(25-11-13-34-35(21-25)51-23-50-34)18-28(20-29)38(47)42-22-26-6-2-3-8-32(26)52-39(40)41/h2-4,6-9,11,13,18-21,39H,1,5,10,12,14-17,22-23H2,(H,42,47)(H,43,44)(H,45,46). The van der Waals surface area contributed by atoms with E-state index in [-0.39, 0.29) is 57.1 Å². The van der Waals surface area contributed by atoms with Crippen molar-refractivity contribution in [3.63, 3.8) is 0 Å². The molecule has 0 radical (unpaired) electrons. The summed E-state index contributed by atoms with van der Waals surface area (Å²) in [5, 5.41) is 21.1. The fraction of sp³-hybridized carbons (Fsp3) is 0.256. The Hall–Kier alpha value is -6.11. The Morgan fingerprint density at radius 1 is 0.808 bits per heavy atom. The predicted octanol–water partition coefficient (Wildman–Crippen LogP) is 7.36. The summed E-state index contributed by atoms with van der Waals surface area (Å²) in [6, 6.07) is 21.9. The second-order valence-electron chi connectivity index (χ2n) is 11.7. The smallest absolute Gasteiger partial charge is 0.387 e. The average Bonchev–Trinajstić information content (AvgIpc) is 3.60. The highest BCUT2D eigenvalue weighted by atomic mass is 19.3. The lowest BCUT2D eigenvalue weighted by Gasteiger charge is -2.17. The van der Waals surface area contributed by atoms with Gasteiger partial charge in [-0.3, -0.25) is 14.4 Å². The maximum atomic E-state index is 13.5. The number of hydrogen-bond acceptors (Lipinski definition) is 8. The third-order valence-corrected chi connectivity index (χ3v) is 8.07. The maximum absolute atomic E-state index is 13.5. The maximum Gasteiger partial charge on any atom is 0.387 e. The Balaban J connectivity index is 1.34. The molecule has 5 rings (SSSR count). The number of halogens is 2. The second-order valence-corrected chi connectivity index (χ2v) is 11.7. The van der Waals surface area contributed by atoms with Crippen molar-refractivity contribution in [1.82, 2.24) is 5.32 Å². The Morgan fingerprint density at radius 2 is 1.58 bits per heavy atom. The molecule has 0 aliphatic carbocycles. The Kier molecular flexibility index (Phi) is 12.6. The quantitative estimate of drug-likeness (QED) is 0.0840. The van der Waals surface area contributed by atoms with Gasteiger partial charge in [0.05, 0.1) is 13.2 Å². The van der Waals surface area contributed by atoms with Crippen LogP contribution in [0.3, 0.4) is 0 Å². The normalized spacial score (nSPS) is 11.6. The molecule has 1 heterocycles. The molecule has 3 N–H and O–H groups in total. The van der Waals surface area contributed by atoms with E-state index in [0.717, 1.165) is 5.56 Å². The SMILES string of the molecule is C=C(CCOc1cc(C(=O)NCc2ccccc2OC(F)F)cc(-c2ccc3c(c2)OCO3)c1)c1cccc(OCCCC(=O)O)c1CCC(=O)O. The van der Waals surface area contributed by atoms with Gasteiger partial charge in [-0.25, -0.2) is 0 Å². The van der Waals surface area contributed by atoms with Crippen LogP contribution in [0, 0.1) is 0 Å². The molecule has 52 heavy (non-hydrogen) atoms. The number of alkyl halides is 2. The molecule has 1 aliphatic heterocycles. The fourth-order valence-electron chi connectivity index (χ4n) is 5.55. The van der Waals surface area contributed by atoms with Crippen molar-refractivity contribution in [2.45, 2.75) is 45.3 Å². The van der Waals surface area contributed by atoms with Gasteiger partial charge in [0.25, 0.3) is 5.91 Å². The molecule has 4 aromatic carbocycles. The van der Waals surface area contributed by atoms with Gasteiger partial charge in [-0.15, -0.1) is 0 Å². The summed E-state index contributed by atoms with van der Waals surface area (Å²) in [7, 11) is 0. The Labute approximate surface area is 298 Å². The van der Waals surface area contributed by atoms with Crippen LogP contribution in [-0.4, -0.2) is 54.7 Å². The summed E-state index contributed by atoms with van der Waals surface area (Å²) in [6.07, 6.45) is 0.596. The van der Waals surface area contributed by atoms with E-state index in [4.69, 9.17) is 24.1 Å². The zero-order valence-electron chi connectivity index (χ0n) is 28.1. The van der Waals surface area contributed by atoms with Gasteiger partial charge < -0.3 is 39.2 Å². The molecule has 0 saturated heterocycles. The average molecular weight is 718 g/mol. The number of ether oxygens (including phenoxy) is 5. The Morgan fingerprint density at radius 3 is 2.37 bits per heavy atom. The molecule has 13 heteroatoms. The van der Waals surface area contributed by atoms with Gasteiger partial charge in [-0.1, -0.05) is 43.0 Å². The minimum atomic E-state index is -3.02. The number of benzene rings is 4. The first kappa shape index (κ1) is 37.2. The molecule has 1 amide bonds. The van der Waals surface area contributed by atoms with Crippen LogP contribution in [0.5, 0.6) is 28.7 Å². The largest absolute Gasteiger partial charge is 0.493 e. The lowest BCUT2D eigenvalue weighted by atomic mass is 9.95. The molecule has 0 atom stereocenters. The van der Waals surface area contributed by atoms with Crippen molar-refractivity contribution in [3.05, 3.63) is 108 Å². The molecule has 0 spiro atoms. The lowest BCUT2D eigenvalue weighted by Crippen LogP contribution is -2.23. The van der Waals surface area contributed by atoms with Crippen molar-refractivity contribution < 1.29 is 57.1 Å². The van der Waals surface area contributed by atoms with E-state index >= 15 is 0 Å². The van der Waals surface area contributed by atoms with Crippen molar-refractivity contribution in [2.75, 3.05) is 20.0 Å². The summed E-state index contributed by atoms with van der Waals surface area (Å²) in [6.45, 7) is 1.51. The van der Waals surface area contributed by atoms with Crippen molar-refractivity contribution in [2.24, 2.45) is 0 Å². The number of hydrogen-bond donors (Lipinski definition) is 3. The van der Waals surface area contributed by atoms with E-state index in [0.29, 0.717) is 63.7 Å². The molecule has 272 valence electrons. The highest BCUT2D eigenvalue weighted by Gasteiger charge is 2.18. The molecule has 0 unspecified atom stereocenters. The fourth-order valence-corrected chi connectivity index (χ4v) is 5.55. The Bertz CT molecular complexity index is 1930. The van der Waals surface area contributed by atoms with E-state index in [1.807, 2.05) is 12.1 Å². The zero-order valence-corrected chi connectivity index (χ0v) is 28.1. The molecule has 0 saturated carbocycles. The van der Waals surface area contributed by atoms with Crippen molar-refractivity contribution in [1.29, 1.82) is 0 Å². The van der Waals surface area contributed by atoms with Gasteiger partial charge in [-0.2, -0.15) is 8.78 Å². The molecule has 0 aromatic heterocycles. The number of rotatable bonds is 19. The number of fused-ring (bicyclic) bond motifs is 1. The second kappa shape index (κ2) is 17.7. The molecule has 4 aromatic rings. The van der Waals surface area contributed by atoms with Gasteiger partial charge in [0.1, 0.15) is 17.2 Å². The molecule has 0 fully saturated rings. The van der Waals surface area contributed by atoms with E-state index < -0.39 is 24.5 Å². The van der Waals surface area contributed by atoms with Crippen molar-refractivity contribution in [3.8, 4) is 39.9 Å². The first-order chi connectivity index (χ1) is 25.1. The van der Waals surface area contributed by atoms with Gasteiger partial charge in [0, 0.05) is 42.5 Å². The van der Waals surface area contributed by atoms with Gasteiger partial charge in [0.15, 0.2) is 11.5 Å². The highest BCUT2D eigenvalue weighted by Crippen LogP contribution is 2.37. The van der Waals surface area contributed by atoms with Crippen molar-refractivity contribution >= 4 is 23.4 Å². The summed E-state index contributed by atoms with van der Waals surface area (Å²) in [5.41, 5.74) is 4.00. The van der Waals surface area contributed by atoms with Crippen LogP contribution in [0.4, 0.5) is 8.78 Å². The highest BCUT2D eigenvalue weighted by molar-refractivity contribution is 5.96. The van der Waals surface area contributed by atoms with Gasteiger partial charge in [-0.05, 0) is 77.6 Å². The van der Waals surface area contributed by atoms with E-state index in [1.165, 1.54) is 6.07 Å². The van der Waals surface area contributed by atoms with E-state index in [1.54, 1.807) is 60.7 Å². The van der Waals surface area contributed by atoms with Crippen LogP contribution < -0.4 is 29.0 Å². The number of amides is 1. The minimum Gasteiger partial charge on any atom is -0.493 e. The molecule has 0 bridgehead atoms. The lowest BCUT2D eigenvalue weighted by molar-refractivity contribution is -0.138. The number of nitrogens with one attached hydrogen (secondary N) is 1. The van der Waals surface area contributed by atoms with Crippen LogP contribution in [0.25, 0.3) is 16.7 Å².